The van der Waals surface area contributed by atoms with E-state index >= 15 is 0 Å². The van der Waals surface area contributed by atoms with E-state index in [9.17, 15) is 5.11 Å². The molecule has 0 aromatic heterocycles. The molecule has 3 aliphatic heterocycles. The van der Waals surface area contributed by atoms with Crippen molar-refractivity contribution in [2.24, 2.45) is 0 Å². The van der Waals surface area contributed by atoms with Crippen molar-refractivity contribution < 1.29 is 19.3 Å². The smallest absolute Gasteiger partial charge is 0.107 e. The maximum Gasteiger partial charge on any atom is 0.107 e. The average Bonchev–Trinajstić information content (AvgIpc) is 3.15. The van der Waals surface area contributed by atoms with E-state index in [2.05, 4.69) is 6.92 Å². The van der Waals surface area contributed by atoms with E-state index in [1.165, 1.54) is 44.9 Å². The lowest BCUT2D eigenvalue weighted by Crippen LogP contribution is -2.31. The summed E-state index contributed by atoms with van der Waals surface area (Å²) in [5, 5.41) is 10.4. The molecular formula is C21H38O4. The quantitative estimate of drug-likeness (QED) is 0.418. The number of epoxide rings is 1. The lowest BCUT2D eigenvalue weighted by Gasteiger charge is -2.22. The van der Waals surface area contributed by atoms with Crippen LogP contribution < -0.4 is 0 Å². The Labute approximate surface area is 153 Å². The molecular weight excluding hydrogens is 316 g/mol. The van der Waals surface area contributed by atoms with Gasteiger partial charge in [-0.15, -0.1) is 0 Å². The maximum atomic E-state index is 10.4. The molecule has 0 aromatic carbocycles. The van der Waals surface area contributed by atoms with Gasteiger partial charge in [-0.3, -0.25) is 0 Å². The summed E-state index contributed by atoms with van der Waals surface area (Å²) in [6.45, 7) is 3.12. The fourth-order valence-corrected chi connectivity index (χ4v) is 4.43. The summed E-state index contributed by atoms with van der Waals surface area (Å²) in [7, 11) is 0. The number of aliphatic hydroxyl groups is 1. The summed E-state index contributed by atoms with van der Waals surface area (Å²) in [5.41, 5.74) is 0. The fourth-order valence-electron chi connectivity index (χ4n) is 4.43. The zero-order valence-corrected chi connectivity index (χ0v) is 16.0. The molecule has 3 rings (SSSR count). The van der Waals surface area contributed by atoms with Crippen molar-refractivity contribution in [2.75, 3.05) is 6.61 Å². The number of hydrogen-bond donors (Lipinski definition) is 1. The predicted octanol–water partition coefficient (Wildman–Crippen LogP) is 4.37. The van der Waals surface area contributed by atoms with Crippen molar-refractivity contribution in [1.82, 2.24) is 0 Å². The largest absolute Gasteiger partial charge is 0.390 e. The molecule has 0 aliphatic carbocycles. The molecule has 146 valence electrons. The van der Waals surface area contributed by atoms with Gasteiger partial charge in [-0.1, -0.05) is 58.3 Å². The average molecular weight is 355 g/mol. The van der Waals surface area contributed by atoms with Crippen molar-refractivity contribution in [3.8, 4) is 0 Å². The van der Waals surface area contributed by atoms with Gasteiger partial charge in [0.25, 0.3) is 0 Å². The van der Waals surface area contributed by atoms with Gasteiger partial charge in [0.15, 0.2) is 0 Å². The summed E-state index contributed by atoms with van der Waals surface area (Å²) >= 11 is 0. The molecule has 0 aromatic rings. The Bertz CT molecular complexity index is 371. The van der Waals surface area contributed by atoms with Crippen LogP contribution in [-0.4, -0.2) is 48.3 Å². The van der Waals surface area contributed by atoms with Gasteiger partial charge < -0.3 is 19.3 Å². The SMILES string of the molecule is CCCCCCCCCC[C@H](O)[C@H]1CC[C@@H]([C@@H]2CC[C@H]([C@H]3CO3)O2)O1. The third kappa shape index (κ3) is 6.20. The first kappa shape index (κ1) is 19.6. The fraction of sp³-hybridized carbons (Fsp3) is 1.00. The monoisotopic (exact) mass is 354 g/mol. The second kappa shape index (κ2) is 10.2. The highest BCUT2D eigenvalue weighted by atomic mass is 16.6. The molecule has 1 N–H and O–H groups in total. The predicted molar refractivity (Wildman–Crippen MR) is 98.8 cm³/mol. The van der Waals surface area contributed by atoms with E-state index in [-0.39, 0.29) is 30.5 Å². The molecule has 0 radical (unpaired) electrons. The van der Waals surface area contributed by atoms with Crippen LogP contribution in [-0.2, 0) is 14.2 Å². The first-order chi connectivity index (χ1) is 12.3. The van der Waals surface area contributed by atoms with Gasteiger partial charge in [-0.05, 0) is 32.1 Å². The Kier molecular flexibility index (Phi) is 8.03. The molecule has 25 heavy (non-hydrogen) atoms. The zero-order valence-electron chi connectivity index (χ0n) is 16.0. The molecule has 4 nitrogen and oxygen atoms in total. The first-order valence-corrected chi connectivity index (χ1v) is 10.9. The van der Waals surface area contributed by atoms with E-state index in [0.717, 1.165) is 45.1 Å². The van der Waals surface area contributed by atoms with E-state index in [1.54, 1.807) is 0 Å². The lowest BCUT2D eigenvalue weighted by molar-refractivity contribution is -0.0955. The number of rotatable bonds is 12. The molecule has 0 unspecified atom stereocenters. The summed E-state index contributed by atoms with van der Waals surface area (Å²) in [4.78, 5) is 0. The molecule has 4 heteroatoms. The highest BCUT2D eigenvalue weighted by Crippen LogP contribution is 2.36. The topological polar surface area (TPSA) is 51.2 Å². The minimum absolute atomic E-state index is 0.0226. The molecule has 0 saturated carbocycles. The van der Waals surface area contributed by atoms with E-state index in [4.69, 9.17) is 14.2 Å². The van der Waals surface area contributed by atoms with Crippen molar-refractivity contribution in [1.29, 1.82) is 0 Å². The summed E-state index contributed by atoms with van der Waals surface area (Å²) in [5.74, 6) is 0. The van der Waals surface area contributed by atoms with Crippen LogP contribution in [0.1, 0.15) is 90.4 Å². The minimum Gasteiger partial charge on any atom is -0.390 e. The third-order valence-corrected chi connectivity index (χ3v) is 6.14. The number of ether oxygens (including phenoxy) is 3. The number of unbranched alkanes of at least 4 members (excludes halogenated alkanes) is 7. The zero-order chi connectivity index (χ0) is 17.5. The minimum atomic E-state index is -0.297. The van der Waals surface area contributed by atoms with Crippen LogP contribution in [0.4, 0.5) is 0 Å². The van der Waals surface area contributed by atoms with Crippen LogP contribution in [0.15, 0.2) is 0 Å². The normalized spacial score (nSPS) is 36.0. The van der Waals surface area contributed by atoms with E-state index < -0.39 is 0 Å². The first-order valence-electron chi connectivity index (χ1n) is 10.9. The molecule has 0 amide bonds. The molecule has 3 heterocycles. The molecule has 3 fully saturated rings. The maximum absolute atomic E-state index is 10.4. The summed E-state index contributed by atoms with van der Waals surface area (Å²) < 4.78 is 17.6. The molecule has 6 atom stereocenters. The van der Waals surface area contributed by atoms with E-state index in [1.807, 2.05) is 0 Å². The van der Waals surface area contributed by atoms with Crippen molar-refractivity contribution in [3.63, 3.8) is 0 Å². The Hall–Kier alpha value is -0.160. The Balaban J connectivity index is 1.23. The van der Waals surface area contributed by atoms with Crippen LogP contribution in [0.5, 0.6) is 0 Å². The van der Waals surface area contributed by atoms with Gasteiger partial charge in [0.2, 0.25) is 0 Å². The number of hydrogen-bond acceptors (Lipinski definition) is 4. The Morgan fingerprint density at radius 2 is 1.32 bits per heavy atom. The van der Waals surface area contributed by atoms with Gasteiger partial charge in [-0.2, -0.15) is 0 Å². The third-order valence-electron chi connectivity index (χ3n) is 6.14. The molecule has 3 saturated heterocycles. The molecule has 0 bridgehead atoms. The molecule has 3 aliphatic rings. The number of aliphatic hydroxyl groups excluding tert-OH is 1. The van der Waals surface area contributed by atoms with Crippen LogP contribution in [0.25, 0.3) is 0 Å². The van der Waals surface area contributed by atoms with Gasteiger partial charge >= 0.3 is 0 Å². The Morgan fingerprint density at radius 3 is 2.00 bits per heavy atom. The van der Waals surface area contributed by atoms with Gasteiger partial charge in [0, 0.05) is 0 Å². The van der Waals surface area contributed by atoms with Crippen molar-refractivity contribution in [3.05, 3.63) is 0 Å². The van der Waals surface area contributed by atoms with Crippen LogP contribution in [0.2, 0.25) is 0 Å². The van der Waals surface area contributed by atoms with Crippen molar-refractivity contribution >= 4 is 0 Å². The summed E-state index contributed by atoms with van der Waals surface area (Å²) in [6.07, 6.45) is 16.3. The van der Waals surface area contributed by atoms with Gasteiger partial charge in [0.1, 0.15) is 6.10 Å². The van der Waals surface area contributed by atoms with Gasteiger partial charge in [0.05, 0.1) is 37.1 Å². The van der Waals surface area contributed by atoms with Crippen LogP contribution in [0, 0.1) is 0 Å². The van der Waals surface area contributed by atoms with E-state index in [0.29, 0.717) is 6.10 Å². The Morgan fingerprint density at radius 1 is 0.760 bits per heavy atom. The molecule has 0 spiro atoms. The highest BCUT2D eigenvalue weighted by Gasteiger charge is 2.44. The standard InChI is InChI=1S/C21H38O4/c1-2-3-4-5-6-7-8-9-10-16(22)17-11-12-18(24-17)19-13-14-20(25-19)21-15-23-21/h16-22H,2-15H2,1H3/t16-,17+,18-,19-,20+,21+/m0/s1. The second-order valence-corrected chi connectivity index (χ2v) is 8.28. The highest BCUT2D eigenvalue weighted by molar-refractivity contribution is 4.91. The van der Waals surface area contributed by atoms with Crippen molar-refractivity contribution in [2.45, 2.75) is 127 Å². The van der Waals surface area contributed by atoms with Gasteiger partial charge in [-0.25, -0.2) is 0 Å². The second-order valence-electron chi connectivity index (χ2n) is 8.28. The van der Waals surface area contributed by atoms with Crippen LogP contribution >= 0.6 is 0 Å². The summed E-state index contributed by atoms with van der Waals surface area (Å²) in [6, 6.07) is 0. The van der Waals surface area contributed by atoms with Crippen LogP contribution in [0.3, 0.4) is 0 Å². The lowest BCUT2D eigenvalue weighted by atomic mass is 10.0.